The quantitative estimate of drug-likeness (QED) is 0.828. The summed E-state index contributed by atoms with van der Waals surface area (Å²) in [5, 5.41) is 9.98. The summed E-state index contributed by atoms with van der Waals surface area (Å²) in [4.78, 5) is 15.7. The predicted molar refractivity (Wildman–Crippen MR) is 85.8 cm³/mol. The van der Waals surface area contributed by atoms with Crippen LogP contribution in [-0.4, -0.2) is 42.1 Å². The number of rotatable bonds is 2. The van der Waals surface area contributed by atoms with E-state index in [1.54, 1.807) is 36.4 Å². The minimum Gasteiger partial charge on any atom is -0.508 e. The van der Waals surface area contributed by atoms with Gasteiger partial charge in [-0.2, -0.15) is 0 Å². The normalized spacial score (nSPS) is 15.8. The average Bonchev–Trinajstić information content (AvgIpc) is 2.56. The van der Waals surface area contributed by atoms with E-state index in [0.717, 1.165) is 31.9 Å². The third-order valence-corrected chi connectivity index (χ3v) is 4.27. The Morgan fingerprint density at radius 1 is 1.00 bits per heavy atom. The van der Waals surface area contributed by atoms with Crippen LogP contribution in [0.25, 0.3) is 0 Å². The summed E-state index contributed by atoms with van der Waals surface area (Å²) in [6.45, 7) is 3.17. The smallest absolute Gasteiger partial charge is 0.254 e. The van der Waals surface area contributed by atoms with Crippen molar-refractivity contribution in [3.63, 3.8) is 0 Å². The molecule has 22 heavy (non-hydrogen) atoms. The number of nitrogens with one attached hydrogen (secondary N) is 1. The molecule has 1 fully saturated rings. The topological polar surface area (TPSA) is 45.0 Å². The van der Waals surface area contributed by atoms with Crippen molar-refractivity contribution in [1.29, 1.82) is 0 Å². The van der Waals surface area contributed by atoms with E-state index in [1.165, 1.54) is 4.90 Å². The number of amides is 1. The number of halogens is 1. The van der Waals surface area contributed by atoms with E-state index in [1.807, 2.05) is 17.0 Å². The maximum Gasteiger partial charge on any atom is 0.254 e. The molecular weight excluding hydrogens is 300 g/mol. The summed E-state index contributed by atoms with van der Waals surface area (Å²) in [5.74, 6) is 0.334. The molecule has 0 atom stereocenters. The fourth-order valence-corrected chi connectivity index (χ4v) is 2.87. The van der Waals surface area contributed by atoms with Crippen molar-refractivity contribution >= 4 is 23.2 Å². The van der Waals surface area contributed by atoms with E-state index in [4.69, 9.17) is 11.6 Å². The van der Waals surface area contributed by atoms with Crippen molar-refractivity contribution in [2.45, 2.75) is 0 Å². The number of hydrogen-bond acceptors (Lipinski definition) is 2. The highest BCUT2D eigenvalue weighted by Gasteiger charge is 2.25. The zero-order chi connectivity index (χ0) is 15.5. The van der Waals surface area contributed by atoms with Crippen molar-refractivity contribution in [3.05, 3.63) is 59.1 Å². The first-order valence-corrected chi connectivity index (χ1v) is 7.70. The fraction of sp³-hybridized carbons (Fsp3) is 0.235. The van der Waals surface area contributed by atoms with E-state index < -0.39 is 0 Å². The number of phenols is 1. The van der Waals surface area contributed by atoms with Crippen LogP contribution < -0.4 is 4.90 Å². The number of aromatic hydroxyl groups is 1. The number of piperazine rings is 1. The lowest BCUT2D eigenvalue weighted by atomic mass is 10.1. The van der Waals surface area contributed by atoms with Gasteiger partial charge in [-0.15, -0.1) is 0 Å². The first kappa shape index (κ1) is 14.9. The monoisotopic (exact) mass is 317 g/mol. The Hall–Kier alpha value is -2.04. The van der Waals surface area contributed by atoms with Gasteiger partial charge in [0.15, 0.2) is 0 Å². The molecule has 114 valence electrons. The van der Waals surface area contributed by atoms with Crippen LogP contribution in [0.15, 0.2) is 48.5 Å². The Morgan fingerprint density at radius 2 is 1.59 bits per heavy atom. The van der Waals surface area contributed by atoms with Crippen LogP contribution in [0.2, 0.25) is 5.02 Å². The van der Waals surface area contributed by atoms with E-state index in [0.29, 0.717) is 10.6 Å². The third-order valence-electron chi connectivity index (χ3n) is 4.02. The van der Waals surface area contributed by atoms with Gasteiger partial charge >= 0.3 is 0 Å². The van der Waals surface area contributed by atoms with Crippen LogP contribution >= 0.6 is 11.6 Å². The van der Waals surface area contributed by atoms with Crippen molar-refractivity contribution < 1.29 is 14.8 Å². The molecule has 5 heteroatoms. The number of carbonyl (C=O) groups excluding carboxylic acids is 1. The van der Waals surface area contributed by atoms with E-state index in [-0.39, 0.29) is 11.7 Å². The van der Waals surface area contributed by atoms with Crippen LogP contribution in [0.1, 0.15) is 10.4 Å². The number of nitrogens with zero attached hydrogens (tertiary/aromatic N) is 1. The summed E-state index contributed by atoms with van der Waals surface area (Å²) in [7, 11) is 0. The highest BCUT2D eigenvalue weighted by Crippen LogP contribution is 2.13. The molecule has 1 amide bonds. The number of carbonyl (C=O) groups is 1. The molecule has 0 saturated carbocycles. The Morgan fingerprint density at radius 3 is 2.18 bits per heavy atom. The van der Waals surface area contributed by atoms with Gasteiger partial charge in [0.1, 0.15) is 11.4 Å². The molecule has 0 unspecified atom stereocenters. The number of phenolic OH excluding ortho intramolecular Hbond substituents is 1. The summed E-state index contributed by atoms with van der Waals surface area (Å²) in [5.41, 5.74) is 1.83. The highest BCUT2D eigenvalue weighted by molar-refractivity contribution is 6.30. The summed E-state index contributed by atoms with van der Waals surface area (Å²) >= 11 is 5.85. The maximum absolute atomic E-state index is 12.4. The van der Waals surface area contributed by atoms with Crippen molar-refractivity contribution in [2.75, 3.05) is 26.2 Å². The van der Waals surface area contributed by atoms with Gasteiger partial charge in [0.25, 0.3) is 5.91 Å². The Kier molecular flexibility index (Phi) is 4.32. The zero-order valence-corrected chi connectivity index (χ0v) is 12.9. The lowest BCUT2D eigenvalue weighted by Crippen LogP contribution is -3.10. The molecule has 0 bridgehead atoms. The lowest BCUT2D eigenvalue weighted by molar-refractivity contribution is -0.837. The fourth-order valence-electron chi connectivity index (χ4n) is 2.74. The summed E-state index contributed by atoms with van der Waals surface area (Å²) < 4.78 is 0. The molecule has 1 saturated heterocycles. The minimum atomic E-state index is 0.0569. The van der Waals surface area contributed by atoms with Crippen LogP contribution in [0, 0.1) is 0 Å². The van der Waals surface area contributed by atoms with Gasteiger partial charge in [-0.05, 0) is 36.4 Å². The zero-order valence-electron chi connectivity index (χ0n) is 12.1. The van der Waals surface area contributed by atoms with E-state index in [2.05, 4.69) is 0 Å². The molecule has 0 aliphatic carbocycles. The molecule has 4 nitrogen and oxygen atoms in total. The van der Waals surface area contributed by atoms with Gasteiger partial charge in [-0.3, -0.25) is 9.69 Å². The first-order chi connectivity index (χ1) is 10.6. The number of hydrogen-bond donors (Lipinski definition) is 2. The first-order valence-electron chi connectivity index (χ1n) is 7.32. The Bertz CT molecular complexity index is 647. The van der Waals surface area contributed by atoms with Gasteiger partial charge in [0, 0.05) is 22.7 Å². The predicted octanol–water partition coefficient (Wildman–Crippen LogP) is 1.72. The van der Waals surface area contributed by atoms with Gasteiger partial charge < -0.3 is 10.0 Å². The third kappa shape index (κ3) is 3.24. The summed E-state index contributed by atoms with van der Waals surface area (Å²) in [6.07, 6.45) is 0. The van der Waals surface area contributed by atoms with Crippen LogP contribution in [-0.2, 0) is 0 Å². The summed E-state index contributed by atoms with van der Waals surface area (Å²) in [6, 6.07) is 14.3. The van der Waals surface area contributed by atoms with Gasteiger partial charge in [0.05, 0.1) is 26.2 Å². The van der Waals surface area contributed by atoms with Crippen LogP contribution in [0.3, 0.4) is 0 Å². The largest absolute Gasteiger partial charge is 0.508 e. The molecule has 0 aromatic heterocycles. The Labute approximate surface area is 134 Å². The highest BCUT2D eigenvalue weighted by atomic mass is 35.5. The lowest BCUT2D eigenvalue weighted by Gasteiger charge is -2.32. The van der Waals surface area contributed by atoms with Crippen molar-refractivity contribution in [1.82, 2.24) is 4.90 Å². The number of quaternary nitrogens is 1. The van der Waals surface area contributed by atoms with Crippen molar-refractivity contribution in [2.24, 2.45) is 0 Å². The van der Waals surface area contributed by atoms with Crippen LogP contribution in [0.5, 0.6) is 5.75 Å². The van der Waals surface area contributed by atoms with Crippen molar-refractivity contribution in [3.8, 4) is 5.75 Å². The SMILES string of the molecule is O=C(c1ccc(Cl)cc1)N1CC[NH+](c2ccc(O)cc2)CC1. The van der Waals surface area contributed by atoms with E-state index in [9.17, 15) is 9.90 Å². The molecule has 0 radical (unpaired) electrons. The second-order valence-corrected chi connectivity index (χ2v) is 5.89. The van der Waals surface area contributed by atoms with Gasteiger partial charge in [-0.25, -0.2) is 0 Å². The average molecular weight is 318 g/mol. The molecule has 1 heterocycles. The molecule has 0 spiro atoms. The molecule has 1 aliphatic rings. The van der Waals surface area contributed by atoms with Gasteiger partial charge in [-0.1, -0.05) is 11.6 Å². The maximum atomic E-state index is 12.4. The standard InChI is InChI=1S/C17H17ClN2O2/c18-14-3-1-13(2-4-14)17(22)20-11-9-19(10-12-20)15-5-7-16(21)8-6-15/h1-8,21H,9-12H2/p+1. The van der Waals surface area contributed by atoms with Gasteiger partial charge in [0.2, 0.25) is 0 Å². The minimum absolute atomic E-state index is 0.0569. The molecule has 2 N–H and O–H groups in total. The second kappa shape index (κ2) is 6.38. The van der Waals surface area contributed by atoms with Crippen LogP contribution in [0.4, 0.5) is 5.69 Å². The molecule has 1 aliphatic heterocycles. The number of benzene rings is 2. The molecular formula is C17H18ClN2O2+. The second-order valence-electron chi connectivity index (χ2n) is 5.45. The molecule has 3 rings (SSSR count). The van der Waals surface area contributed by atoms with E-state index >= 15 is 0 Å². The molecule has 2 aromatic carbocycles. The molecule has 2 aromatic rings. The Balaban J connectivity index is 1.62.